The van der Waals surface area contributed by atoms with Gasteiger partial charge < -0.3 is 10.4 Å². The quantitative estimate of drug-likeness (QED) is 0.375. The van der Waals surface area contributed by atoms with E-state index in [1.807, 2.05) is 30.3 Å². The van der Waals surface area contributed by atoms with Gasteiger partial charge in [0.2, 0.25) is 0 Å². The molecule has 0 unspecified atom stereocenters. The number of carbonyl (C=O) groups is 3. The van der Waals surface area contributed by atoms with E-state index < -0.39 is 29.5 Å². The second kappa shape index (κ2) is 10.8. The zero-order valence-electron chi connectivity index (χ0n) is 17.0. The highest BCUT2D eigenvalue weighted by molar-refractivity contribution is 6.01. The first-order valence-electron chi connectivity index (χ1n) is 9.35. The number of benzene rings is 1. The smallest absolute Gasteiger partial charge is 0.359 e. The van der Waals surface area contributed by atoms with Crippen LogP contribution in [0.25, 0.3) is 0 Å². The molecule has 0 saturated heterocycles. The Labute approximate surface area is 166 Å². The van der Waals surface area contributed by atoms with E-state index in [1.54, 1.807) is 20.8 Å². The van der Waals surface area contributed by atoms with Crippen molar-refractivity contribution >= 4 is 18.0 Å². The van der Waals surface area contributed by atoms with Crippen molar-refractivity contribution in [1.29, 1.82) is 0 Å². The van der Waals surface area contributed by atoms with Crippen LogP contribution in [0.5, 0.6) is 0 Å². The molecular weight excluding hydrogens is 362 g/mol. The number of rotatable bonds is 7. The monoisotopic (exact) mass is 393 g/mol. The highest BCUT2D eigenvalue weighted by atomic mass is 16.5. The zero-order valence-corrected chi connectivity index (χ0v) is 17.0. The molecule has 28 heavy (non-hydrogen) atoms. The Morgan fingerprint density at radius 1 is 1.11 bits per heavy atom. The van der Waals surface area contributed by atoms with Crippen LogP contribution in [0, 0.1) is 5.41 Å². The molecule has 1 atom stereocenters. The van der Waals surface area contributed by atoms with Gasteiger partial charge >= 0.3 is 12.1 Å². The molecule has 0 saturated carbocycles. The van der Waals surface area contributed by atoms with E-state index in [-0.39, 0.29) is 18.0 Å². The Bertz CT molecular complexity index is 658. The number of aliphatic hydroxyl groups is 1. The fourth-order valence-electron chi connectivity index (χ4n) is 2.62. The number of nitrogens with one attached hydrogen (secondary N) is 1. The fourth-order valence-corrected chi connectivity index (χ4v) is 2.62. The van der Waals surface area contributed by atoms with Crippen molar-refractivity contribution in [2.24, 2.45) is 5.41 Å². The van der Waals surface area contributed by atoms with Crippen LogP contribution >= 0.6 is 0 Å². The number of amides is 5. The fraction of sp³-hybridized carbons (Fsp3) is 0.550. The van der Waals surface area contributed by atoms with Crippen LogP contribution in [0.3, 0.4) is 0 Å². The van der Waals surface area contributed by atoms with E-state index in [0.717, 1.165) is 23.3 Å². The molecule has 0 fully saturated rings. The minimum Gasteiger partial charge on any atom is -0.383 e. The Morgan fingerprint density at radius 3 is 2.25 bits per heavy atom. The van der Waals surface area contributed by atoms with E-state index in [2.05, 4.69) is 5.32 Å². The summed E-state index contributed by atoms with van der Waals surface area (Å²) in [6.45, 7) is 5.41. The summed E-state index contributed by atoms with van der Waals surface area (Å²) < 4.78 is 0. The molecule has 1 aromatic carbocycles. The Hall–Kier alpha value is -2.45. The van der Waals surface area contributed by atoms with Crippen LogP contribution in [0.15, 0.2) is 30.3 Å². The van der Waals surface area contributed by atoms with Crippen LogP contribution in [-0.2, 0) is 11.2 Å². The molecule has 0 radical (unpaired) electrons. The van der Waals surface area contributed by atoms with Crippen LogP contribution in [0.2, 0.25) is 0 Å². The number of imide groups is 2. The first-order chi connectivity index (χ1) is 13.1. The lowest BCUT2D eigenvalue weighted by molar-refractivity contribution is -0.164. The first-order valence-corrected chi connectivity index (χ1v) is 9.35. The van der Waals surface area contributed by atoms with Gasteiger partial charge in [-0.15, -0.1) is 5.06 Å². The summed E-state index contributed by atoms with van der Waals surface area (Å²) in [6, 6.07) is 7.88. The molecule has 3 N–H and O–H groups in total. The number of hydroxylamine groups is 2. The number of aryl methyl sites for hydroxylation is 1. The molecule has 8 nitrogen and oxygen atoms in total. The van der Waals surface area contributed by atoms with E-state index in [4.69, 9.17) is 0 Å². The van der Waals surface area contributed by atoms with Gasteiger partial charge in [0, 0.05) is 13.6 Å². The van der Waals surface area contributed by atoms with Crippen molar-refractivity contribution < 1.29 is 24.7 Å². The summed E-state index contributed by atoms with van der Waals surface area (Å²) in [5, 5.41) is 22.1. The van der Waals surface area contributed by atoms with E-state index in [1.165, 1.54) is 7.05 Å². The van der Waals surface area contributed by atoms with Gasteiger partial charge in [-0.05, 0) is 30.2 Å². The van der Waals surface area contributed by atoms with Crippen LogP contribution < -0.4 is 5.32 Å². The van der Waals surface area contributed by atoms with Gasteiger partial charge in [0.1, 0.15) is 6.10 Å². The minimum atomic E-state index is -1.52. The lowest BCUT2D eigenvalue weighted by Gasteiger charge is -2.30. The lowest BCUT2D eigenvalue weighted by atomic mass is 9.96. The highest BCUT2D eigenvalue weighted by Crippen LogP contribution is 2.17. The molecule has 1 aromatic rings. The molecule has 0 aromatic heterocycles. The summed E-state index contributed by atoms with van der Waals surface area (Å²) >= 11 is 0. The highest BCUT2D eigenvalue weighted by Gasteiger charge is 2.34. The van der Waals surface area contributed by atoms with Crippen molar-refractivity contribution in [3.05, 3.63) is 35.9 Å². The van der Waals surface area contributed by atoms with Crippen LogP contribution in [0.4, 0.5) is 9.59 Å². The Morgan fingerprint density at radius 2 is 1.71 bits per heavy atom. The number of hydrogen-bond donors (Lipinski definition) is 3. The van der Waals surface area contributed by atoms with Gasteiger partial charge in [0.15, 0.2) is 0 Å². The number of urea groups is 2. The first kappa shape index (κ1) is 23.6. The maximum absolute atomic E-state index is 12.4. The maximum atomic E-state index is 12.4. The predicted octanol–water partition coefficient (Wildman–Crippen LogP) is 2.79. The molecule has 0 aliphatic rings. The number of carbonyl (C=O) groups excluding carboxylic acids is 3. The standard InChI is InChI=1S/C20H31N3O5/c1-20(2,3)14-22(18(26)21-4)19(27)23(28)17(25)16(24)13-9-8-12-15-10-6-5-7-11-15/h5-7,10-11,16,24,28H,8-9,12-14H2,1-4H3,(H,21,26)/t16-/m0/s1. The Balaban J connectivity index is 2.59. The van der Waals surface area contributed by atoms with Crippen molar-refractivity contribution in [2.75, 3.05) is 13.6 Å². The zero-order chi connectivity index (χ0) is 21.3. The molecule has 0 aliphatic heterocycles. The molecule has 0 bridgehead atoms. The third kappa shape index (κ3) is 7.66. The van der Waals surface area contributed by atoms with Crippen LogP contribution in [-0.4, -0.2) is 57.9 Å². The number of unbranched alkanes of at least 4 members (excludes halogenated alkanes) is 1. The summed E-state index contributed by atoms with van der Waals surface area (Å²) in [4.78, 5) is 37.3. The molecule has 0 spiro atoms. The third-order valence-corrected chi connectivity index (χ3v) is 4.03. The van der Waals surface area contributed by atoms with Crippen molar-refractivity contribution in [3.63, 3.8) is 0 Å². The SMILES string of the molecule is CNC(=O)N(CC(C)(C)C)C(=O)N(O)C(=O)[C@@H](O)CCCCc1ccccc1. The van der Waals surface area contributed by atoms with Crippen molar-refractivity contribution in [1.82, 2.24) is 15.3 Å². The number of hydrogen-bond acceptors (Lipinski definition) is 5. The minimum absolute atomic E-state index is 0.0109. The third-order valence-electron chi connectivity index (χ3n) is 4.03. The van der Waals surface area contributed by atoms with Gasteiger partial charge in [-0.2, -0.15) is 0 Å². The molecule has 8 heteroatoms. The van der Waals surface area contributed by atoms with Crippen LogP contribution in [0.1, 0.15) is 45.6 Å². The summed E-state index contributed by atoms with van der Waals surface area (Å²) in [5.41, 5.74) is 0.716. The van der Waals surface area contributed by atoms with Crippen molar-refractivity contribution in [2.45, 2.75) is 52.6 Å². The van der Waals surface area contributed by atoms with Gasteiger partial charge in [0.05, 0.1) is 0 Å². The molecule has 156 valence electrons. The topological polar surface area (TPSA) is 110 Å². The molecule has 0 heterocycles. The van der Waals surface area contributed by atoms with Gasteiger partial charge in [-0.1, -0.05) is 57.5 Å². The normalized spacial score (nSPS) is 12.2. The average Bonchev–Trinajstić information content (AvgIpc) is 2.67. The van der Waals surface area contributed by atoms with E-state index in [0.29, 0.717) is 6.42 Å². The van der Waals surface area contributed by atoms with Gasteiger partial charge in [-0.3, -0.25) is 10.0 Å². The van der Waals surface area contributed by atoms with E-state index >= 15 is 0 Å². The largest absolute Gasteiger partial charge is 0.383 e. The second-order valence-corrected chi connectivity index (χ2v) is 7.88. The number of nitrogens with zero attached hydrogens (tertiary/aromatic N) is 2. The Kier molecular flexibility index (Phi) is 9.08. The summed E-state index contributed by atoms with van der Waals surface area (Å²) in [7, 11) is 1.34. The molecular formula is C20H31N3O5. The van der Waals surface area contributed by atoms with E-state index in [9.17, 15) is 24.7 Å². The predicted molar refractivity (Wildman–Crippen MR) is 105 cm³/mol. The summed E-state index contributed by atoms with van der Waals surface area (Å²) in [6.07, 6.45) is 0.688. The van der Waals surface area contributed by atoms with Gasteiger partial charge in [-0.25, -0.2) is 14.5 Å². The van der Waals surface area contributed by atoms with Gasteiger partial charge in [0.25, 0.3) is 5.91 Å². The van der Waals surface area contributed by atoms with Crippen molar-refractivity contribution in [3.8, 4) is 0 Å². The number of aliphatic hydroxyl groups excluding tert-OH is 1. The molecule has 1 rings (SSSR count). The maximum Gasteiger partial charge on any atom is 0.359 e. The average molecular weight is 393 g/mol. The molecule has 5 amide bonds. The summed E-state index contributed by atoms with van der Waals surface area (Å²) in [5.74, 6) is -1.15. The lowest BCUT2D eigenvalue weighted by Crippen LogP contribution is -2.54. The second-order valence-electron chi connectivity index (χ2n) is 7.88. The molecule has 0 aliphatic carbocycles.